The fraction of sp³-hybridized carbons (Fsp3) is 0.529. The average Bonchev–Trinajstić information content (AvgIpc) is 2.47. The van der Waals surface area contributed by atoms with Crippen LogP contribution in [0.3, 0.4) is 0 Å². The molecule has 0 saturated carbocycles. The van der Waals surface area contributed by atoms with Gasteiger partial charge in [0.25, 0.3) is 0 Å². The van der Waals surface area contributed by atoms with Crippen molar-refractivity contribution >= 4 is 18.7 Å². The van der Waals surface area contributed by atoms with E-state index >= 15 is 0 Å². The highest BCUT2D eigenvalue weighted by Gasteiger charge is 2.42. The molecule has 0 N–H and O–H groups in total. The van der Waals surface area contributed by atoms with E-state index in [1.807, 2.05) is 0 Å². The number of benzene rings is 1. The van der Waals surface area contributed by atoms with E-state index in [-0.39, 0.29) is 0 Å². The first-order valence-corrected chi connectivity index (χ1v) is 8.74. The lowest BCUT2D eigenvalue weighted by atomic mass is 9.38. The molecule has 3 rings (SSSR count). The molecule has 0 spiro atoms. The van der Waals surface area contributed by atoms with E-state index in [1.165, 1.54) is 43.4 Å². The number of hydrogen-bond acceptors (Lipinski definition) is 2. The predicted molar refractivity (Wildman–Crippen MR) is 88.1 cm³/mol. The van der Waals surface area contributed by atoms with Crippen molar-refractivity contribution in [3.05, 3.63) is 41.5 Å². The maximum absolute atomic E-state index is 6.44. The summed E-state index contributed by atoms with van der Waals surface area (Å²) in [6.07, 6.45) is 10.4. The van der Waals surface area contributed by atoms with E-state index in [9.17, 15) is 0 Å². The lowest BCUT2D eigenvalue weighted by molar-refractivity contribution is 0.349. The quantitative estimate of drug-likeness (QED) is 0.395. The Labute approximate surface area is 127 Å². The Morgan fingerprint density at radius 2 is 1.70 bits per heavy atom. The van der Waals surface area contributed by atoms with Crippen LogP contribution >= 0.6 is 11.8 Å². The maximum Gasteiger partial charge on any atom is 0.364 e. The normalized spacial score (nSPS) is 26.4. The molecule has 2 saturated heterocycles. The zero-order chi connectivity index (χ0) is 13.8. The first kappa shape index (κ1) is 14.1. The molecule has 1 nitrogen and oxygen atoms in total. The lowest BCUT2D eigenvalue weighted by Gasteiger charge is -2.39. The van der Waals surface area contributed by atoms with Gasteiger partial charge in [-0.05, 0) is 36.8 Å². The maximum atomic E-state index is 6.44. The number of fused-ring (bicyclic) bond motifs is 2. The van der Waals surface area contributed by atoms with Gasteiger partial charge in [-0.25, -0.2) is 0 Å². The van der Waals surface area contributed by atoms with Gasteiger partial charge < -0.3 is 4.65 Å². The molecule has 2 bridgehead atoms. The van der Waals surface area contributed by atoms with Crippen molar-refractivity contribution in [3.8, 4) is 0 Å². The third kappa shape index (κ3) is 3.25. The SMILES string of the molecule is C/C=C(\OB1C2CCCC1CCC2)Sc1ccccc1. The molecule has 2 heterocycles. The summed E-state index contributed by atoms with van der Waals surface area (Å²) in [4.78, 5) is 1.27. The van der Waals surface area contributed by atoms with Gasteiger partial charge in [0, 0.05) is 4.90 Å². The van der Waals surface area contributed by atoms with Gasteiger partial charge in [0.15, 0.2) is 0 Å². The molecule has 2 aliphatic heterocycles. The van der Waals surface area contributed by atoms with E-state index in [2.05, 4.69) is 43.3 Å². The van der Waals surface area contributed by atoms with Crippen LogP contribution < -0.4 is 0 Å². The summed E-state index contributed by atoms with van der Waals surface area (Å²) in [5, 5.41) is 1.08. The van der Waals surface area contributed by atoms with Crippen LogP contribution in [0.2, 0.25) is 11.6 Å². The van der Waals surface area contributed by atoms with Gasteiger partial charge in [-0.2, -0.15) is 0 Å². The molecular weight excluding hydrogens is 263 g/mol. The molecule has 0 unspecified atom stereocenters. The van der Waals surface area contributed by atoms with Crippen molar-refractivity contribution in [1.82, 2.24) is 0 Å². The van der Waals surface area contributed by atoms with Crippen molar-refractivity contribution in [2.45, 2.75) is 62.0 Å². The summed E-state index contributed by atoms with van der Waals surface area (Å²) >= 11 is 1.76. The second-order valence-electron chi connectivity index (χ2n) is 5.99. The van der Waals surface area contributed by atoms with Crippen LogP contribution in [0.5, 0.6) is 0 Å². The first-order chi connectivity index (χ1) is 9.86. The van der Waals surface area contributed by atoms with E-state index in [0.717, 1.165) is 16.7 Å². The molecule has 0 radical (unpaired) electrons. The zero-order valence-electron chi connectivity index (χ0n) is 12.3. The van der Waals surface area contributed by atoms with Crippen LogP contribution in [0.4, 0.5) is 0 Å². The Balaban J connectivity index is 1.66. The van der Waals surface area contributed by atoms with Crippen molar-refractivity contribution in [3.63, 3.8) is 0 Å². The average molecular weight is 286 g/mol. The Hall–Kier alpha value is -0.825. The Kier molecular flexibility index (Phi) is 4.77. The first-order valence-electron chi connectivity index (χ1n) is 7.92. The van der Waals surface area contributed by atoms with Gasteiger partial charge in [0.2, 0.25) is 0 Å². The molecule has 2 aliphatic rings. The molecule has 106 valence electrons. The van der Waals surface area contributed by atoms with Crippen LogP contribution in [0.1, 0.15) is 45.4 Å². The van der Waals surface area contributed by atoms with Crippen LogP contribution in [-0.2, 0) is 4.65 Å². The van der Waals surface area contributed by atoms with Gasteiger partial charge >= 0.3 is 6.92 Å². The standard InChI is InChI=1S/C17H23BOS/c1-2-17(20-16-12-4-3-5-13-16)19-18-14-8-6-9-15(18)11-7-10-14/h2-5,12-15H,6-11H2,1H3/b17-2+. The summed E-state index contributed by atoms with van der Waals surface area (Å²) in [5.74, 6) is 1.60. The van der Waals surface area contributed by atoms with Crippen LogP contribution in [0, 0.1) is 0 Å². The van der Waals surface area contributed by atoms with E-state index in [0.29, 0.717) is 6.92 Å². The van der Waals surface area contributed by atoms with Gasteiger partial charge in [-0.1, -0.05) is 68.5 Å². The summed E-state index contributed by atoms with van der Waals surface area (Å²) in [6, 6.07) is 10.5. The van der Waals surface area contributed by atoms with E-state index in [1.54, 1.807) is 11.8 Å². The van der Waals surface area contributed by atoms with E-state index < -0.39 is 0 Å². The minimum absolute atomic E-state index is 0.472. The Morgan fingerprint density at radius 1 is 1.10 bits per heavy atom. The van der Waals surface area contributed by atoms with Gasteiger partial charge in [-0.15, -0.1) is 0 Å². The second kappa shape index (κ2) is 6.75. The predicted octanol–water partition coefficient (Wildman–Crippen LogP) is 5.76. The number of thioether (sulfide) groups is 1. The molecule has 0 amide bonds. The summed E-state index contributed by atoms with van der Waals surface area (Å²) < 4.78 is 6.44. The van der Waals surface area contributed by atoms with Crippen LogP contribution in [-0.4, -0.2) is 6.92 Å². The van der Waals surface area contributed by atoms with Gasteiger partial charge in [0.1, 0.15) is 5.09 Å². The molecule has 3 heteroatoms. The second-order valence-corrected chi connectivity index (χ2v) is 7.07. The van der Waals surface area contributed by atoms with Gasteiger partial charge in [-0.3, -0.25) is 0 Å². The third-order valence-electron chi connectivity index (χ3n) is 4.68. The summed E-state index contributed by atoms with van der Waals surface area (Å²) in [6.45, 7) is 2.56. The number of rotatable bonds is 4. The molecule has 0 aliphatic carbocycles. The summed E-state index contributed by atoms with van der Waals surface area (Å²) in [5.41, 5.74) is 0. The van der Waals surface area contributed by atoms with Crippen molar-refractivity contribution in [2.75, 3.05) is 0 Å². The molecule has 0 atom stereocenters. The zero-order valence-corrected chi connectivity index (χ0v) is 13.1. The highest BCUT2D eigenvalue weighted by molar-refractivity contribution is 8.03. The molecular formula is C17H23BOS. The van der Waals surface area contributed by atoms with Gasteiger partial charge in [0.05, 0.1) is 0 Å². The Morgan fingerprint density at radius 3 is 2.25 bits per heavy atom. The monoisotopic (exact) mass is 286 g/mol. The lowest BCUT2D eigenvalue weighted by Crippen LogP contribution is -2.36. The summed E-state index contributed by atoms with van der Waals surface area (Å²) in [7, 11) is 0. The number of allylic oxidation sites excluding steroid dienone is 1. The van der Waals surface area contributed by atoms with E-state index in [4.69, 9.17) is 4.65 Å². The highest BCUT2D eigenvalue weighted by Crippen LogP contribution is 2.48. The van der Waals surface area contributed by atoms with Crippen molar-refractivity contribution in [1.29, 1.82) is 0 Å². The molecule has 1 aromatic carbocycles. The fourth-order valence-electron chi connectivity index (χ4n) is 3.70. The fourth-order valence-corrected chi connectivity index (χ4v) is 4.50. The minimum Gasteiger partial charge on any atom is -0.556 e. The third-order valence-corrected chi connectivity index (χ3v) is 5.72. The molecule has 1 aromatic rings. The molecule has 20 heavy (non-hydrogen) atoms. The molecule has 2 fully saturated rings. The topological polar surface area (TPSA) is 9.23 Å². The highest BCUT2D eigenvalue weighted by atomic mass is 32.2. The molecule has 0 aromatic heterocycles. The van der Waals surface area contributed by atoms with Crippen molar-refractivity contribution < 1.29 is 4.65 Å². The van der Waals surface area contributed by atoms with Crippen molar-refractivity contribution in [2.24, 2.45) is 0 Å². The largest absolute Gasteiger partial charge is 0.556 e. The number of hydrogen-bond donors (Lipinski definition) is 0. The van der Waals surface area contributed by atoms with Crippen LogP contribution in [0.25, 0.3) is 0 Å². The minimum atomic E-state index is 0.472. The van der Waals surface area contributed by atoms with Crippen LogP contribution in [0.15, 0.2) is 46.4 Å². The Bertz CT molecular complexity index is 437. The smallest absolute Gasteiger partial charge is 0.364 e.